The van der Waals surface area contributed by atoms with E-state index in [0.717, 1.165) is 41.7 Å². The molecule has 1 N–H and O–H groups in total. The van der Waals surface area contributed by atoms with Gasteiger partial charge in [-0.3, -0.25) is 4.79 Å². The molecule has 0 bridgehead atoms. The van der Waals surface area contributed by atoms with Gasteiger partial charge in [0, 0.05) is 18.7 Å². The lowest BCUT2D eigenvalue weighted by molar-refractivity contribution is 0.0940. The minimum absolute atomic E-state index is 0.0334. The molecule has 1 heterocycles. The maximum absolute atomic E-state index is 12.9. The van der Waals surface area contributed by atoms with Gasteiger partial charge in [0.15, 0.2) is 0 Å². The summed E-state index contributed by atoms with van der Waals surface area (Å²) < 4.78 is 32.4. The van der Waals surface area contributed by atoms with E-state index in [-0.39, 0.29) is 17.7 Å². The maximum atomic E-state index is 12.9. The van der Waals surface area contributed by atoms with Gasteiger partial charge in [0.1, 0.15) is 5.75 Å². The Morgan fingerprint density at radius 2 is 1.67 bits per heavy atom. The van der Waals surface area contributed by atoms with Crippen LogP contribution in [0.3, 0.4) is 0 Å². The summed E-state index contributed by atoms with van der Waals surface area (Å²) in [6, 6.07) is 10.8. The highest BCUT2D eigenvalue weighted by Crippen LogP contribution is 2.32. The molecule has 1 amide bonds. The molecule has 180 valence electrons. The number of hydrogen-bond donors (Lipinski definition) is 1. The quantitative estimate of drug-likeness (QED) is 0.591. The van der Waals surface area contributed by atoms with Crippen LogP contribution in [0.1, 0.15) is 84.6 Å². The van der Waals surface area contributed by atoms with Crippen LogP contribution in [0.15, 0.2) is 36.4 Å². The van der Waals surface area contributed by atoms with Gasteiger partial charge in [0.05, 0.1) is 18.9 Å². The molecule has 1 atom stereocenters. The van der Waals surface area contributed by atoms with Gasteiger partial charge in [-0.05, 0) is 79.1 Å². The van der Waals surface area contributed by atoms with Crippen molar-refractivity contribution in [1.29, 1.82) is 0 Å². The number of amides is 1. The van der Waals surface area contributed by atoms with Crippen LogP contribution in [0.2, 0.25) is 0 Å². The largest absolute Gasteiger partial charge is 0.496 e. The van der Waals surface area contributed by atoms with Crippen molar-refractivity contribution in [2.75, 3.05) is 20.2 Å². The molecule has 1 aliphatic rings. The number of nitrogens with zero attached hydrogens (tertiary/aromatic N) is 1. The average Bonchev–Trinajstić information content (AvgIpc) is 2.79. The van der Waals surface area contributed by atoms with E-state index in [0.29, 0.717) is 30.1 Å². The number of carbonyl (C=O) groups excluding carboxylic acids is 1. The number of rotatable bonds is 8. The van der Waals surface area contributed by atoms with Gasteiger partial charge < -0.3 is 10.1 Å². The maximum Gasteiger partial charge on any atom is 0.251 e. The van der Waals surface area contributed by atoms with E-state index in [2.05, 4.69) is 25.2 Å². The summed E-state index contributed by atoms with van der Waals surface area (Å²) >= 11 is 0. The molecular weight excluding hydrogens is 436 g/mol. The van der Waals surface area contributed by atoms with Gasteiger partial charge in [0.2, 0.25) is 10.0 Å². The third kappa shape index (κ3) is 6.15. The van der Waals surface area contributed by atoms with Gasteiger partial charge in [0.25, 0.3) is 5.91 Å². The molecule has 1 fully saturated rings. The standard InChI is InChI=1S/C26H36N2O4S/c1-18(2)23-16-24(19(3)15-25(23)32-5)20(4)27-26(29)22-11-9-21(10-12-22)17-33(30,31)28-13-7-6-8-14-28/h9-12,15-16,18,20H,6-8,13-14,17H2,1-5H3,(H,27,29). The van der Waals surface area contributed by atoms with Gasteiger partial charge in [-0.1, -0.05) is 32.4 Å². The molecule has 1 saturated heterocycles. The van der Waals surface area contributed by atoms with E-state index in [1.165, 1.54) is 0 Å². The van der Waals surface area contributed by atoms with Gasteiger partial charge in [-0.25, -0.2) is 12.7 Å². The number of aryl methyl sites for hydroxylation is 1. The fourth-order valence-corrected chi connectivity index (χ4v) is 5.98. The number of carbonyl (C=O) groups is 1. The Bertz CT molecular complexity index is 1070. The highest BCUT2D eigenvalue weighted by molar-refractivity contribution is 7.88. The molecule has 6 nitrogen and oxygen atoms in total. The number of hydrogen-bond acceptors (Lipinski definition) is 4. The number of nitrogens with one attached hydrogen (secondary N) is 1. The fourth-order valence-electron chi connectivity index (χ4n) is 4.37. The summed E-state index contributed by atoms with van der Waals surface area (Å²) in [4.78, 5) is 12.9. The number of piperidine rings is 1. The Labute approximate surface area is 198 Å². The Morgan fingerprint density at radius 1 is 1.03 bits per heavy atom. The molecule has 0 aliphatic carbocycles. The van der Waals surface area contributed by atoms with Gasteiger partial charge in [-0.2, -0.15) is 0 Å². The minimum atomic E-state index is -3.32. The highest BCUT2D eigenvalue weighted by Gasteiger charge is 2.24. The lowest BCUT2D eigenvalue weighted by atomic mass is 9.93. The van der Waals surface area contributed by atoms with Crippen LogP contribution >= 0.6 is 0 Å². The van der Waals surface area contributed by atoms with Crippen molar-refractivity contribution < 1.29 is 17.9 Å². The SMILES string of the molecule is COc1cc(C)c(C(C)NC(=O)c2ccc(CS(=O)(=O)N3CCCCC3)cc2)cc1C(C)C. The van der Waals surface area contributed by atoms with Crippen LogP contribution in [0.5, 0.6) is 5.75 Å². The zero-order valence-corrected chi connectivity index (χ0v) is 21.2. The molecule has 1 unspecified atom stereocenters. The summed E-state index contributed by atoms with van der Waals surface area (Å²) in [5.74, 6) is 0.944. The first-order valence-electron chi connectivity index (χ1n) is 11.7. The second kappa shape index (κ2) is 10.7. The molecule has 0 saturated carbocycles. The second-order valence-corrected chi connectivity index (χ2v) is 11.2. The third-order valence-electron chi connectivity index (χ3n) is 6.33. The monoisotopic (exact) mass is 472 g/mol. The molecule has 2 aromatic rings. The Morgan fingerprint density at radius 3 is 2.24 bits per heavy atom. The van der Waals surface area contributed by atoms with Gasteiger partial charge >= 0.3 is 0 Å². The van der Waals surface area contributed by atoms with Crippen molar-refractivity contribution in [2.24, 2.45) is 0 Å². The molecule has 33 heavy (non-hydrogen) atoms. The Hall–Kier alpha value is -2.38. The van der Waals surface area contributed by atoms with E-state index in [9.17, 15) is 13.2 Å². The highest BCUT2D eigenvalue weighted by atomic mass is 32.2. The molecule has 3 rings (SSSR count). The predicted molar refractivity (Wildman–Crippen MR) is 132 cm³/mol. The van der Waals surface area contributed by atoms with Gasteiger partial charge in [-0.15, -0.1) is 0 Å². The van der Waals surface area contributed by atoms with Crippen LogP contribution in [0, 0.1) is 6.92 Å². The lowest BCUT2D eigenvalue weighted by Crippen LogP contribution is -2.36. The lowest BCUT2D eigenvalue weighted by Gasteiger charge is -2.25. The zero-order valence-electron chi connectivity index (χ0n) is 20.3. The van der Waals surface area contributed by atoms with E-state index < -0.39 is 10.0 Å². The first-order valence-corrected chi connectivity index (χ1v) is 13.3. The fraction of sp³-hybridized carbons (Fsp3) is 0.500. The zero-order chi connectivity index (χ0) is 24.2. The summed E-state index contributed by atoms with van der Waals surface area (Å²) in [7, 11) is -1.65. The predicted octanol–water partition coefficient (Wildman–Crippen LogP) is 4.93. The van der Waals surface area contributed by atoms with Crippen molar-refractivity contribution in [3.8, 4) is 5.75 Å². The average molecular weight is 473 g/mol. The summed E-state index contributed by atoms with van der Waals surface area (Å²) in [5, 5.41) is 3.07. The molecule has 0 aromatic heterocycles. The first-order chi connectivity index (χ1) is 15.6. The van der Waals surface area contributed by atoms with Crippen LogP contribution in [-0.2, 0) is 15.8 Å². The number of methoxy groups -OCH3 is 1. The van der Waals surface area contributed by atoms with Crippen molar-refractivity contribution >= 4 is 15.9 Å². The molecule has 2 aromatic carbocycles. The third-order valence-corrected chi connectivity index (χ3v) is 8.18. The normalized spacial score (nSPS) is 15.9. The smallest absolute Gasteiger partial charge is 0.251 e. The van der Waals surface area contributed by atoms with Crippen molar-refractivity contribution in [3.05, 3.63) is 64.2 Å². The molecule has 0 spiro atoms. The topological polar surface area (TPSA) is 75.7 Å². The molecular formula is C26H36N2O4S. The van der Waals surface area contributed by atoms with E-state index in [1.54, 1.807) is 35.7 Å². The Balaban J connectivity index is 1.69. The van der Waals surface area contributed by atoms with Crippen molar-refractivity contribution in [2.45, 2.75) is 64.7 Å². The minimum Gasteiger partial charge on any atom is -0.496 e. The number of ether oxygens (including phenoxy) is 1. The second-order valence-electron chi connectivity index (χ2n) is 9.21. The first kappa shape index (κ1) is 25.2. The molecule has 1 aliphatic heterocycles. The van der Waals surface area contributed by atoms with Crippen LogP contribution in [-0.4, -0.2) is 38.8 Å². The summed E-state index contributed by atoms with van der Waals surface area (Å²) in [5.41, 5.74) is 4.42. The van der Waals surface area contributed by atoms with Crippen molar-refractivity contribution in [3.63, 3.8) is 0 Å². The van der Waals surface area contributed by atoms with Crippen molar-refractivity contribution in [1.82, 2.24) is 9.62 Å². The van der Waals surface area contributed by atoms with Crippen LogP contribution in [0.4, 0.5) is 0 Å². The van der Waals surface area contributed by atoms with E-state index >= 15 is 0 Å². The van der Waals surface area contributed by atoms with Crippen LogP contribution in [0.25, 0.3) is 0 Å². The summed E-state index contributed by atoms with van der Waals surface area (Å²) in [6.45, 7) is 9.42. The van der Waals surface area contributed by atoms with Crippen LogP contribution < -0.4 is 10.1 Å². The molecule has 0 radical (unpaired) electrons. The Kier molecular flexibility index (Phi) is 8.19. The molecule has 7 heteroatoms. The van der Waals surface area contributed by atoms with E-state index in [1.807, 2.05) is 19.9 Å². The number of sulfonamides is 1. The summed E-state index contributed by atoms with van der Waals surface area (Å²) in [6.07, 6.45) is 2.93. The van der Waals surface area contributed by atoms with E-state index in [4.69, 9.17) is 4.74 Å². The number of benzene rings is 2.